The van der Waals surface area contributed by atoms with Crippen LogP contribution in [0.25, 0.3) is 27.8 Å². The van der Waals surface area contributed by atoms with Crippen molar-refractivity contribution in [2.75, 3.05) is 0 Å². The Labute approximate surface area is 115 Å². The molecule has 0 saturated heterocycles. The SMILES string of the molecule is c1ccc(-c2cn[n+]3cnc4ccccc4c3n2)cc1. The molecule has 0 aliphatic carbocycles. The number of para-hydroxylation sites is 1. The monoisotopic (exact) mass is 259 g/mol. The number of aromatic nitrogens is 4. The average Bonchev–Trinajstić information content (AvgIpc) is 2.55. The van der Waals surface area contributed by atoms with Crippen molar-refractivity contribution in [2.24, 2.45) is 0 Å². The molecule has 4 nitrogen and oxygen atoms in total. The molecule has 94 valence electrons. The minimum atomic E-state index is 0.817. The lowest BCUT2D eigenvalue weighted by Gasteiger charge is -1.99. The maximum atomic E-state index is 4.73. The van der Waals surface area contributed by atoms with E-state index in [1.165, 1.54) is 0 Å². The van der Waals surface area contributed by atoms with Crippen LogP contribution in [0.2, 0.25) is 0 Å². The minimum Gasteiger partial charge on any atom is -0.110 e. The fraction of sp³-hybridized carbons (Fsp3) is 0. The number of hydrogen-bond donors (Lipinski definition) is 0. The zero-order valence-electron chi connectivity index (χ0n) is 10.6. The molecular weight excluding hydrogens is 248 g/mol. The van der Waals surface area contributed by atoms with Gasteiger partial charge >= 0.3 is 0 Å². The van der Waals surface area contributed by atoms with Crippen molar-refractivity contribution < 1.29 is 4.52 Å². The Morgan fingerprint density at radius 3 is 2.55 bits per heavy atom. The van der Waals surface area contributed by atoms with Crippen molar-refractivity contribution in [1.82, 2.24) is 15.1 Å². The van der Waals surface area contributed by atoms with E-state index in [1.807, 2.05) is 54.6 Å². The highest BCUT2D eigenvalue weighted by Crippen LogP contribution is 2.17. The van der Waals surface area contributed by atoms with Crippen LogP contribution < -0.4 is 4.52 Å². The third-order valence-electron chi connectivity index (χ3n) is 3.27. The molecule has 4 rings (SSSR count). The predicted octanol–water partition coefficient (Wildman–Crippen LogP) is 2.43. The zero-order chi connectivity index (χ0) is 13.4. The van der Waals surface area contributed by atoms with Crippen LogP contribution in [-0.4, -0.2) is 15.1 Å². The molecule has 4 heteroatoms. The molecule has 0 atom stereocenters. The van der Waals surface area contributed by atoms with Gasteiger partial charge in [0, 0.05) is 5.56 Å². The molecule has 0 spiro atoms. The van der Waals surface area contributed by atoms with Gasteiger partial charge in [-0.3, -0.25) is 0 Å². The van der Waals surface area contributed by atoms with E-state index in [1.54, 1.807) is 17.0 Å². The number of rotatable bonds is 1. The molecule has 2 heterocycles. The summed E-state index contributed by atoms with van der Waals surface area (Å²) in [5.74, 6) is 0. The van der Waals surface area contributed by atoms with Crippen LogP contribution in [0.1, 0.15) is 0 Å². The van der Waals surface area contributed by atoms with Gasteiger partial charge in [-0.1, -0.05) is 47.4 Å². The first kappa shape index (κ1) is 11.0. The van der Waals surface area contributed by atoms with E-state index in [9.17, 15) is 0 Å². The van der Waals surface area contributed by atoms with E-state index in [2.05, 4.69) is 10.1 Å². The van der Waals surface area contributed by atoms with Gasteiger partial charge in [-0.05, 0) is 12.1 Å². The van der Waals surface area contributed by atoms with Crippen LogP contribution >= 0.6 is 0 Å². The standard InChI is InChI=1S/C16H11N4/c1-2-6-12(7-3-1)15-10-18-20-11-17-14-9-5-4-8-13(14)16(20)19-15/h1-11H/q+1. The highest BCUT2D eigenvalue weighted by atomic mass is 15.3. The third kappa shape index (κ3) is 1.70. The lowest BCUT2D eigenvalue weighted by atomic mass is 10.2. The Balaban J connectivity index is 2.05. The van der Waals surface area contributed by atoms with Gasteiger partial charge in [-0.25, -0.2) is 0 Å². The molecule has 20 heavy (non-hydrogen) atoms. The quantitative estimate of drug-likeness (QED) is 0.389. The van der Waals surface area contributed by atoms with E-state index < -0.39 is 0 Å². The van der Waals surface area contributed by atoms with Crippen molar-refractivity contribution in [3.63, 3.8) is 0 Å². The summed E-state index contributed by atoms with van der Waals surface area (Å²) < 4.78 is 1.70. The summed E-state index contributed by atoms with van der Waals surface area (Å²) >= 11 is 0. The van der Waals surface area contributed by atoms with Gasteiger partial charge in [0.2, 0.25) is 0 Å². The van der Waals surface area contributed by atoms with Gasteiger partial charge in [0.25, 0.3) is 12.0 Å². The van der Waals surface area contributed by atoms with Crippen molar-refractivity contribution in [3.8, 4) is 11.3 Å². The fourth-order valence-corrected chi connectivity index (χ4v) is 2.27. The molecule has 0 bridgehead atoms. The molecule has 0 radical (unpaired) electrons. The Bertz CT molecular complexity index is 904. The lowest BCUT2D eigenvalue weighted by Crippen LogP contribution is -2.28. The van der Waals surface area contributed by atoms with Crippen molar-refractivity contribution in [2.45, 2.75) is 0 Å². The van der Waals surface area contributed by atoms with Crippen molar-refractivity contribution in [1.29, 1.82) is 0 Å². The normalized spacial score (nSPS) is 11.0. The molecule has 0 amide bonds. The zero-order valence-corrected chi connectivity index (χ0v) is 10.6. The van der Waals surface area contributed by atoms with E-state index in [4.69, 9.17) is 4.98 Å². The number of nitrogens with zero attached hydrogens (tertiary/aromatic N) is 4. The largest absolute Gasteiger partial charge is 0.297 e. The molecule has 0 aliphatic heterocycles. The van der Waals surface area contributed by atoms with E-state index in [0.29, 0.717) is 0 Å². The van der Waals surface area contributed by atoms with Crippen LogP contribution in [-0.2, 0) is 0 Å². The number of hydrogen-bond acceptors (Lipinski definition) is 3. The molecule has 0 unspecified atom stereocenters. The Morgan fingerprint density at radius 1 is 0.850 bits per heavy atom. The summed E-state index contributed by atoms with van der Waals surface area (Å²) in [6, 6.07) is 18.0. The van der Waals surface area contributed by atoms with Gasteiger partial charge in [0.15, 0.2) is 11.2 Å². The van der Waals surface area contributed by atoms with Gasteiger partial charge in [0.1, 0.15) is 6.20 Å². The first-order valence-electron chi connectivity index (χ1n) is 6.40. The summed E-state index contributed by atoms with van der Waals surface area (Å²) in [7, 11) is 0. The first-order chi connectivity index (χ1) is 9.92. The van der Waals surface area contributed by atoms with Crippen molar-refractivity contribution >= 4 is 16.6 Å². The van der Waals surface area contributed by atoms with Crippen LogP contribution in [0.4, 0.5) is 0 Å². The van der Waals surface area contributed by atoms with Crippen molar-refractivity contribution in [3.05, 3.63) is 67.1 Å². The summed E-state index contributed by atoms with van der Waals surface area (Å²) in [4.78, 5) is 9.11. The maximum absolute atomic E-state index is 4.73. The Kier molecular flexibility index (Phi) is 2.39. The summed E-state index contributed by atoms with van der Waals surface area (Å²) in [6.45, 7) is 0. The van der Waals surface area contributed by atoms with Gasteiger partial charge < -0.3 is 0 Å². The molecule has 2 aromatic heterocycles. The molecule has 0 aliphatic rings. The second kappa shape index (κ2) is 4.35. The minimum absolute atomic E-state index is 0.817. The fourth-order valence-electron chi connectivity index (χ4n) is 2.27. The average molecular weight is 259 g/mol. The number of benzene rings is 2. The van der Waals surface area contributed by atoms with Gasteiger partial charge in [0.05, 0.1) is 5.39 Å². The van der Waals surface area contributed by atoms with E-state index >= 15 is 0 Å². The molecule has 4 aromatic rings. The third-order valence-corrected chi connectivity index (χ3v) is 3.27. The smallest absolute Gasteiger partial charge is 0.110 e. The molecular formula is C16H11N4+. The first-order valence-corrected chi connectivity index (χ1v) is 6.40. The van der Waals surface area contributed by atoms with Crippen LogP contribution in [0.15, 0.2) is 67.1 Å². The summed E-state index contributed by atoms with van der Waals surface area (Å²) in [6.07, 6.45) is 3.46. The number of fused-ring (bicyclic) bond motifs is 3. The topological polar surface area (TPSA) is 42.8 Å². The Hall–Kier alpha value is -2.88. The molecule has 2 aromatic carbocycles. The summed E-state index contributed by atoms with van der Waals surface area (Å²) in [5.41, 5.74) is 3.66. The molecule has 0 N–H and O–H groups in total. The summed E-state index contributed by atoms with van der Waals surface area (Å²) in [5, 5.41) is 5.40. The highest BCUT2D eigenvalue weighted by Gasteiger charge is 2.13. The molecule has 0 saturated carbocycles. The molecule has 0 fully saturated rings. The lowest BCUT2D eigenvalue weighted by molar-refractivity contribution is -0.585. The van der Waals surface area contributed by atoms with Crippen LogP contribution in [0, 0.1) is 0 Å². The van der Waals surface area contributed by atoms with Gasteiger partial charge in [-0.2, -0.15) is 0 Å². The highest BCUT2D eigenvalue weighted by molar-refractivity contribution is 5.89. The second-order valence-corrected chi connectivity index (χ2v) is 4.54. The Morgan fingerprint density at radius 2 is 1.65 bits per heavy atom. The van der Waals surface area contributed by atoms with E-state index in [-0.39, 0.29) is 0 Å². The van der Waals surface area contributed by atoms with E-state index in [0.717, 1.165) is 27.8 Å². The van der Waals surface area contributed by atoms with Gasteiger partial charge in [-0.15, -0.1) is 14.6 Å². The van der Waals surface area contributed by atoms with Crippen LogP contribution in [0.3, 0.4) is 0 Å². The van der Waals surface area contributed by atoms with Crippen LogP contribution in [0.5, 0.6) is 0 Å². The maximum Gasteiger partial charge on any atom is 0.297 e. The predicted molar refractivity (Wildman–Crippen MR) is 75.9 cm³/mol. The second-order valence-electron chi connectivity index (χ2n) is 4.54.